The molecule has 1 aliphatic carbocycles. The zero-order valence-corrected chi connectivity index (χ0v) is 35.6. The molecule has 0 radical (unpaired) electrons. The standard InChI is InChI=1S/C46H59N7O8/c1-26(2)23-35(51-44(59)36(50-42(57)28(5)47)25-29-16-18-30(54)19-17-29)43(58)52-37(24-27(3)4)46(61)53-22-9-15-38(53)45(60)49-21-10-20-48-34-14-8-13-33-39(34)41(56)32-12-7-6-11-31(32)40(33)55/h6-8,11-14,16-19,26-28,35-38,48,54H,9-10,15,20-25,47H2,1-5H3,(H,49,60)(H,50,57)(H,51,59)(H,52,58)/t28-,35-,36-,37-,38-/m0/s1. The lowest BCUT2D eigenvalue weighted by Gasteiger charge is -2.31. The minimum absolute atomic E-state index is 0.00342. The number of hydrogen-bond acceptors (Lipinski definition) is 10. The van der Waals surface area contributed by atoms with Crippen molar-refractivity contribution in [2.24, 2.45) is 17.6 Å². The van der Waals surface area contributed by atoms with Gasteiger partial charge >= 0.3 is 0 Å². The number of phenols is 1. The topological polar surface area (TPSA) is 229 Å². The number of likely N-dealkylation sites (tertiary alicyclic amines) is 1. The second kappa shape index (κ2) is 20.9. The van der Waals surface area contributed by atoms with E-state index < -0.39 is 47.9 Å². The van der Waals surface area contributed by atoms with Gasteiger partial charge in [0.1, 0.15) is 29.9 Å². The van der Waals surface area contributed by atoms with Crippen molar-refractivity contribution in [1.82, 2.24) is 26.2 Å². The molecule has 5 atom stereocenters. The molecule has 0 spiro atoms. The third kappa shape index (κ3) is 11.8. The number of carbonyl (C=O) groups excluding carboxylic acids is 7. The first-order valence-corrected chi connectivity index (χ1v) is 21.1. The molecular formula is C46H59N7O8. The van der Waals surface area contributed by atoms with Gasteiger partial charge in [0, 0.05) is 48.4 Å². The van der Waals surface area contributed by atoms with Crippen molar-refractivity contribution >= 4 is 46.8 Å². The largest absolute Gasteiger partial charge is 0.508 e. The maximum atomic E-state index is 14.2. The summed E-state index contributed by atoms with van der Waals surface area (Å²) in [6.07, 6.45) is 2.15. The van der Waals surface area contributed by atoms with Crippen LogP contribution in [-0.4, -0.2) is 101 Å². The first kappa shape index (κ1) is 46.0. The highest BCUT2D eigenvalue weighted by molar-refractivity contribution is 6.30. The number of nitrogens with two attached hydrogens (primary N) is 1. The van der Waals surface area contributed by atoms with Crippen LogP contribution in [0, 0.1) is 11.8 Å². The highest BCUT2D eigenvalue weighted by Crippen LogP contribution is 2.32. The number of aromatic hydroxyl groups is 1. The SMILES string of the molecule is CC(C)C[C@H](NC(=O)[C@H](Cc1ccc(O)cc1)NC(=O)[C@H](C)N)C(=O)N[C@@H](CC(C)C)C(=O)N1CCC[C@H]1C(=O)NCCCNc1cccc2c1C(=O)c1ccccc1C2=O. The molecule has 1 heterocycles. The number of amides is 5. The molecule has 5 rings (SSSR count). The second-order valence-corrected chi connectivity index (χ2v) is 16.8. The van der Waals surface area contributed by atoms with Crippen LogP contribution < -0.4 is 32.3 Å². The molecular weight excluding hydrogens is 779 g/mol. The fourth-order valence-electron chi connectivity index (χ4n) is 7.76. The summed E-state index contributed by atoms with van der Waals surface area (Å²) in [7, 11) is 0. The quantitative estimate of drug-likeness (QED) is 0.0683. The van der Waals surface area contributed by atoms with Crippen molar-refractivity contribution < 1.29 is 38.7 Å². The van der Waals surface area contributed by atoms with E-state index in [1.807, 2.05) is 27.7 Å². The van der Waals surface area contributed by atoms with Gasteiger partial charge in [0.2, 0.25) is 29.5 Å². The van der Waals surface area contributed by atoms with E-state index in [-0.39, 0.29) is 60.4 Å². The zero-order chi connectivity index (χ0) is 44.4. The van der Waals surface area contributed by atoms with Crippen LogP contribution in [0.1, 0.15) is 104 Å². The van der Waals surface area contributed by atoms with Crippen molar-refractivity contribution in [2.45, 2.75) is 103 Å². The van der Waals surface area contributed by atoms with Gasteiger partial charge in [-0.1, -0.05) is 76.2 Å². The lowest BCUT2D eigenvalue weighted by Crippen LogP contribution is -2.59. The van der Waals surface area contributed by atoms with Crippen LogP contribution in [0.25, 0.3) is 0 Å². The maximum Gasteiger partial charge on any atom is 0.245 e. The molecule has 3 aromatic carbocycles. The number of phenolic OH excluding ortho intramolecular Hbond substituents is 1. The van der Waals surface area contributed by atoms with Crippen molar-refractivity contribution in [2.75, 3.05) is 25.0 Å². The molecule has 0 saturated carbocycles. The van der Waals surface area contributed by atoms with Gasteiger partial charge in [0.25, 0.3) is 0 Å². The highest BCUT2D eigenvalue weighted by Gasteiger charge is 2.39. The van der Waals surface area contributed by atoms with Crippen LogP contribution in [0.2, 0.25) is 0 Å². The van der Waals surface area contributed by atoms with E-state index in [0.717, 1.165) is 0 Å². The van der Waals surface area contributed by atoms with Gasteiger partial charge < -0.3 is 42.3 Å². The Labute approximate surface area is 357 Å². The van der Waals surface area contributed by atoms with Gasteiger partial charge in [0.05, 0.1) is 11.6 Å². The normalized spacial score (nSPS) is 16.5. The Morgan fingerprint density at radius 2 is 1.31 bits per heavy atom. The molecule has 1 saturated heterocycles. The predicted octanol–water partition coefficient (Wildman–Crippen LogP) is 3.21. The first-order valence-electron chi connectivity index (χ1n) is 21.1. The Hall–Kier alpha value is -6.09. The van der Waals surface area contributed by atoms with Crippen LogP contribution in [-0.2, 0) is 30.4 Å². The Morgan fingerprint density at radius 3 is 1.97 bits per heavy atom. The summed E-state index contributed by atoms with van der Waals surface area (Å²) in [5.41, 5.74) is 8.41. The van der Waals surface area contributed by atoms with Crippen LogP contribution in [0.4, 0.5) is 5.69 Å². The number of nitrogens with one attached hydrogen (secondary N) is 5. The van der Waals surface area contributed by atoms with Crippen molar-refractivity contribution in [3.63, 3.8) is 0 Å². The van der Waals surface area contributed by atoms with Crippen molar-refractivity contribution in [3.05, 3.63) is 94.5 Å². The van der Waals surface area contributed by atoms with Crippen LogP contribution in [0.3, 0.4) is 0 Å². The Kier molecular flexibility index (Phi) is 15.8. The number of nitrogens with zero attached hydrogens (tertiary/aromatic N) is 1. The second-order valence-electron chi connectivity index (χ2n) is 16.8. The number of ketones is 2. The zero-order valence-electron chi connectivity index (χ0n) is 35.6. The highest BCUT2D eigenvalue weighted by atomic mass is 16.3. The van der Waals surface area contributed by atoms with Gasteiger partial charge in [-0.2, -0.15) is 0 Å². The van der Waals surface area contributed by atoms with E-state index in [4.69, 9.17) is 5.73 Å². The van der Waals surface area contributed by atoms with E-state index in [1.165, 1.54) is 24.0 Å². The smallest absolute Gasteiger partial charge is 0.245 e. The molecule has 0 unspecified atom stereocenters. The molecule has 1 aliphatic heterocycles. The van der Waals surface area contributed by atoms with E-state index in [0.29, 0.717) is 72.3 Å². The number of benzene rings is 3. The fourth-order valence-corrected chi connectivity index (χ4v) is 7.76. The molecule has 326 valence electrons. The summed E-state index contributed by atoms with van der Waals surface area (Å²) in [6, 6.07) is 13.3. The summed E-state index contributed by atoms with van der Waals surface area (Å²) < 4.78 is 0. The van der Waals surface area contributed by atoms with E-state index in [9.17, 15) is 38.7 Å². The lowest BCUT2D eigenvalue weighted by molar-refractivity contribution is -0.142. The third-order valence-corrected chi connectivity index (χ3v) is 10.8. The monoisotopic (exact) mass is 837 g/mol. The predicted molar refractivity (Wildman–Crippen MR) is 231 cm³/mol. The molecule has 2 aliphatic rings. The lowest BCUT2D eigenvalue weighted by atomic mass is 9.83. The minimum atomic E-state index is -1.09. The molecule has 8 N–H and O–H groups in total. The van der Waals surface area contributed by atoms with Gasteiger partial charge in [-0.3, -0.25) is 33.6 Å². The molecule has 3 aromatic rings. The Bertz CT molecular complexity index is 2100. The van der Waals surface area contributed by atoms with Gasteiger partial charge in [0.15, 0.2) is 11.6 Å². The first-order chi connectivity index (χ1) is 29.0. The number of fused-ring (bicyclic) bond motifs is 2. The average molecular weight is 838 g/mol. The molecule has 5 amide bonds. The molecule has 0 aromatic heterocycles. The fraction of sp³-hybridized carbons (Fsp3) is 0.457. The summed E-state index contributed by atoms with van der Waals surface area (Å²) in [4.78, 5) is 96.2. The maximum absolute atomic E-state index is 14.2. The molecule has 1 fully saturated rings. The molecule has 15 nitrogen and oxygen atoms in total. The van der Waals surface area contributed by atoms with Crippen molar-refractivity contribution in [3.8, 4) is 5.75 Å². The summed E-state index contributed by atoms with van der Waals surface area (Å²) >= 11 is 0. The van der Waals surface area contributed by atoms with Gasteiger partial charge in [-0.25, -0.2) is 0 Å². The van der Waals surface area contributed by atoms with E-state index in [2.05, 4.69) is 26.6 Å². The molecule has 61 heavy (non-hydrogen) atoms. The summed E-state index contributed by atoms with van der Waals surface area (Å²) in [5.74, 6) is -2.85. The van der Waals surface area contributed by atoms with Gasteiger partial charge in [-0.05, 0) is 74.6 Å². The average Bonchev–Trinajstić information content (AvgIpc) is 3.72. The van der Waals surface area contributed by atoms with Gasteiger partial charge in [-0.15, -0.1) is 0 Å². The summed E-state index contributed by atoms with van der Waals surface area (Å²) in [5, 5.41) is 24.3. The third-order valence-electron chi connectivity index (χ3n) is 10.8. The summed E-state index contributed by atoms with van der Waals surface area (Å²) in [6.45, 7) is 10.2. The Morgan fingerprint density at radius 1 is 0.721 bits per heavy atom. The number of anilines is 1. The molecule has 0 bridgehead atoms. The Balaban J connectivity index is 1.20. The molecule has 15 heteroatoms. The van der Waals surface area contributed by atoms with Crippen LogP contribution in [0.5, 0.6) is 5.75 Å². The number of hydrogen-bond donors (Lipinski definition) is 7. The van der Waals surface area contributed by atoms with E-state index >= 15 is 0 Å². The number of rotatable bonds is 19. The minimum Gasteiger partial charge on any atom is -0.508 e. The van der Waals surface area contributed by atoms with Crippen LogP contribution >= 0.6 is 0 Å². The van der Waals surface area contributed by atoms with E-state index in [1.54, 1.807) is 54.6 Å². The number of carbonyl (C=O) groups is 7. The van der Waals surface area contributed by atoms with Crippen LogP contribution in [0.15, 0.2) is 66.7 Å². The van der Waals surface area contributed by atoms with Crippen molar-refractivity contribution in [1.29, 1.82) is 0 Å².